The molecule has 6 heteroatoms. The molecule has 0 N–H and O–H groups in total. The Hall–Kier alpha value is -1.50. The van der Waals surface area contributed by atoms with Crippen molar-refractivity contribution in [3.05, 3.63) is 88.7 Å². The summed E-state index contributed by atoms with van der Waals surface area (Å²) in [6.45, 7) is 5.33. The van der Waals surface area contributed by atoms with Gasteiger partial charge in [-0.15, -0.1) is 11.8 Å². The molecule has 3 aromatic rings. The van der Waals surface area contributed by atoms with E-state index < -0.39 is 0 Å². The number of fused-ring (bicyclic) bond motifs is 2. The molecule has 5 rings (SSSR count). The van der Waals surface area contributed by atoms with Crippen molar-refractivity contribution in [1.29, 1.82) is 0 Å². The fourth-order valence-electron chi connectivity index (χ4n) is 4.53. The third kappa shape index (κ3) is 5.18. The molecule has 0 spiro atoms. The lowest BCUT2D eigenvalue weighted by molar-refractivity contribution is 0.0984. The number of piperazine rings is 1. The summed E-state index contributed by atoms with van der Waals surface area (Å²) in [6, 6.07) is 22.3. The molecule has 1 atom stereocenters. The zero-order valence-corrected chi connectivity index (χ0v) is 20.2. The SMILES string of the molecule is Fc1ccc(SCCN2CCN(C3Cc4ccccc4Sc4ccc(Cl)cc43)CC2)cc1. The largest absolute Gasteiger partial charge is 0.300 e. The minimum absolute atomic E-state index is 0.173. The second-order valence-corrected chi connectivity index (χ2v) is 11.0. The Kier molecular flexibility index (Phi) is 7.10. The van der Waals surface area contributed by atoms with Gasteiger partial charge in [0.05, 0.1) is 0 Å². The van der Waals surface area contributed by atoms with Crippen LogP contribution in [0, 0.1) is 5.82 Å². The normalized spacial score (nSPS) is 19.2. The highest BCUT2D eigenvalue weighted by Gasteiger charge is 2.30. The molecule has 1 saturated heterocycles. The maximum Gasteiger partial charge on any atom is 0.123 e. The Morgan fingerprint density at radius 3 is 2.53 bits per heavy atom. The van der Waals surface area contributed by atoms with Gasteiger partial charge in [0.1, 0.15) is 5.82 Å². The molecular formula is C26H26ClFN2S2. The van der Waals surface area contributed by atoms with Crippen LogP contribution in [0.25, 0.3) is 0 Å². The molecule has 2 nitrogen and oxygen atoms in total. The maximum atomic E-state index is 13.1. The summed E-state index contributed by atoms with van der Waals surface area (Å²) in [5, 5.41) is 0.816. The fourth-order valence-corrected chi connectivity index (χ4v) is 6.74. The van der Waals surface area contributed by atoms with Gasteiger partial charge in [-0.05, 0) is 66.1 Å². The lowest BCUT2D eigenvalue weighted by atomic mass is 9.96. The second kappa shape index (κ2) is 10.2. The molecule has 32 heavy (non-hydrogen) atoms. The first-order chi connectivity index (χ1) is 15.7. The zero-order valence-electron chi connectivity index (χ0n) is 17.8. The number of nitrogens with zero attached hydrogens (tertiary/aromatic N) is 2. The van der Waals surface area contributed by atoms with Crippen LogP contribution in [-0.2, 0) is 6.42 Å². The van der Waals surface area contributed by atoms with Crippen molar-refractivity contribution in [2.45, 2.75) is 27.1 Å². The molecule has 0 radical (unpaired) electrons. The number of hydrogen-bond donors (Lipinski definition) is 0. The van der Waals surface area contributed by atoms with E-state index in [4.69, 9.17) is 11.6 Å². The van der Waals surface area contributed by atoms with Crippen LogP contribution in [0.3, 0.4) is 0 Å². The van der Waals surface area contributed by atoms with Gasteiger partial charge in [0, 0.05) is 64.2 Å². The number of rotatable bonds is 5. The first kappa shape index (κ1) is 22.3. The van der Waals surface area contributed by atoms with Gasteiger partial charge in [0.2, 0.25) is 0 Å². The molecular weight excluding hydrogens is 459 g/mol. The molecule has 0 bridgehead atoms. The highest BCUT2D eigenvalue weighted by atomic mass is 35.5. The van der Waals surface area contributed by atoms with E-state index in [1.54, 1.807) is 11.8 Å². The van der Waals surface area contributed by atoms with Crippen molar-refractivity contribution in [3.63, 3.8) is 0 Å². The van der Waals surface area contributed by atoms with Crippen LogP contribution < -0.4 is 0 Å². The van der Waals surface area contributed by atoms with E-state index in [9.17, 15) is 4.39 Å². The summed E-state index contributed by atoms with van der Waals surface area (Å²) in [5.41, 5.74) is 2.78. The molecule has 3 aromatic carbocycles. The van der Waals surface area contributed by atoms with E-state index in [0.29, 0.717) is 6.04 Å². The molecule has 1 unspecified atom stereocenters. The molecule has 0 aliphatic carbocycles. The van der Waals surface area contributed by atoms with Crippen LogP contribution in [0.5, 0.6) is 0 Å². The summed E-state index contributed by atoms with van der Waals surface area (Å²) in [6.07, 6.45) is 1.02. The summed E-state index contributed by atoms with van der Waals surface area (Å²) < 4.78 is 13.1. The van der Waals surface area contributed by atoms with Gasteiger partial charge >= 0.3 is 0 Å². The number of halogens is 2. The monoisotopic (exact) mass is 484 g/mol. The molecule has 2 heterocycles. The number of benzene rings is 3. The molecule has 0 amide bonds. The zero-order chi connectivity index (χ0) is 21.9. The summed E-state index contributed by atoms with van der Waals surface area (Å²) in [7, 11) is 0. The third-order valence-corrected chi connectivity index (χ3v) is 8.71. The Labute approximate surface area is 203 Å². The van der Waals surface area contributed by atoms with Gasteiger partial charge in [0.15, 0.2) is 0 Å². The smallest absolute Gasteiger partial charge is 0.123 e. The lowest BCUT2D eigenvalue weighted by Gasteiger charge is -2.39. The van der Waals surface area contributed by atoms with Crippen LogP contribution >= 0.6 is 35.1 Å². The van der Waals surface area contributed by atoms with Crippen molar-refractivity contribution in [2.75, 3.05) is 38.5 Å². The molecule has 2 aliphatic heterocycles. The molecule has 166 valence electrons. The topological polar surface area (TPSA) is 6.48 Å². The predicted octanol–water partition coefficient (Wildman–Crippen LogP) is 6.64. The van der Waals surface area contributed by atoms with E-state index in [1.165, 1.54) is 33.1 Å². The Balaban J connectivity index is 1.23. The van der Waals surface area contributed by atoms with Gasteiger partial charge in [-0.2, -0.15) is 0 Å². The number of hydrogen-bond acceptors (Lipinski definition) is 4. The van der Waals surface area contributed by atoms with Crippen molar-refractivity contribution in [2.24, 2.45) is 0 Å². The summed E-state index contributed by atoms with van der Waals surface area (Å²) >= 11 is 10.1. The van der Waals surface area contributed by atoms with Gasteiger partial charge in [-0.1, -0.05) is 41.6 Å². The van der Waals surface area contributed by atoms with Crippen LogP contribution in [0.4, 0.5) is 4.39 Å². The Morgan fingerprint density at radius 1 is 0.938 bits per heavy atom. The maximum absolute atomic E-state index is 13.1. The second-order valence-electron chi connectivity index (χ2n) is 8.29. The van der Waals surface area contributed by atoms with Gasteiger partial charge in [-0.25, -0.2) is 4.39 Å². The van der Waals surface area contributed by atoms with Crippen LogP contribution in [0.2, 0.25) is 5.02 Å². The highest BCUT2D eigenvalue weighted by molar-refractivity contribution is 7.99. The van der Waals surface area contributed by atoms with E-state index in [-0.39, 0.29) is 5.82 Å². The van der Waals surface area contributed by atoms with Crippen molar-refractivity contribution >= 4 is 35.1 Å². The van der Waals surface area contributed by atoms with Gasteiger partial charge in [0.25, 0.3) is 0 Å². The van der Waals surface area contributed by atoms with Crippen LogP contribution in [-0.4, -0.2) is 48.3 Å². The fraction of sp³-hybridized carbons (Fsp3) is 0.308. The third-order valence-electron chi connectivity index (χ3n) is 6.27. The van der Waals surface area contributed by atoms with E-state index in [1.807, 2.05) is 30.0 Å². The van der Waals surface area contributed by atoms with Crippen molar-refractivity contribution < 1.29 is 4.39 Å². The standard InChI is InChI=1S/C26H26ClFN2S2/c27-20-5-10-26-23(18-20)24(17-19-3-1-2-4-25(19)32-26)30-13-11-29(12-14-30)15-16-31-22-8-6-21(28)7-9-22/h1-10,18,24H,11-17H2. The Morgan fingerprint density at radius 2 is 1.72 bits per heavy atom. The lowest BCUT2D eigenvalue weighted by Crippen LogP contribution is -2.48. The van der Waals surface area contributed by atoms with Crippen LogP contribution in [0.1, 0.15) is 17.2 Å². The summed E-state index contributed by atoms with van der Waals surface area (Å²) in [4.78, 5) is 9.00. The number of thioether (sulfide) groups is 1. The highest BCUT2D eigenvalue weighted by Crippen LogP contribution is 2.43. The molecule has 0 saturated carbocycles. The quantitative estimate of drug-likeness (QED) is 0.374. The van der Waals surface area contributed by atoms with E-state index in [2.05, 4.69) is 46.2 Å². The minimum atomic E-state index is -0.173. The molecule has 0 aromatic heterocycles. The summed E-state index contributed by atoms with van der Waals surface area (Å²) in [5.74, 6) is 0.852. The first-order valence-electron chi connectivity index (χ1n) is 11.1. The molecule has 2 aliphatic rings. The molecule has 1 fully saturated rings. The average molecular weight is 485 g/mol. The van der Waals surface area contributed by atoms with Gasteiger partial charge < -0.3 is 0 Å². The first-order valence-corrected chi connectivity index (χ1v) is 13.2. The minimum Gasteiger partial charge on any atom is -0.300 e. The van der Waals surface area contributed by atoms with Crippen LogP contribution in [0.15, 0.2) is 81.4 Å². The predicted molar refractivity (Wildman–Crippen MR) is 134 cm³/mol. The van der Waals surface area contributed by atoms with E-state index >= 15 is 0 Å². The van der Waals surface area contributed by atoms with Crippen molar-refractivity contribution in [3.8, 4) is 0 Å². The van der Waals surface area contributed by atoms with Crippen molar-refractivity contribution in [1.82, 2.24) is 9.80 Å². The van der Waals surface area contributed by atoms with Gasteiger partial charge in [-0.3, -0.25) is 9.80 Å². The average Bonchev–Trinajstić information content (AvgIpc) is 2.97. The van der Waals surface area contributed by atoms with E-state index in [0.717, 1.165) is 54.8 Å². The Bertz CT molecular complexity index is 1070.